The van der Waals surface area contributed by atoms with Crippen molar-refractivity contribution >= 4 is 22.5 Å². The molecule has 8 heteroatoms. The SMILES string of the molecule is O=c1[nH]c(CN2CCC(n3cncn3)CC2)nc2ccc(Cl)cc12. The number of fused-ring (bicyclic) bond motifs is 1. The molecule has 1 aliphatic rings. The molecule has 2 aromatic heterocycles. The largest absolute Gasteiger partial charge is 0.309 e. The lowest BCUT2D eigenvalue weighted by Crippen LogP contribution is -2.35. The Kier molecular flexibility index (Phi) is 4.03. The maximum atomic E-state index is 12.2. The van der Waals surface area contributed by atoms with E-state index in [1.165, 1.54) is 0 Å². The van der Waals surface area contributed by atoms with Gasteiger partial charge in [-0.15, -0.1) is 0 Å². The zero-order chi connectivity index (χ0) is 16.5. The minimum atomic E-state index is -0.144. The van der Waals surface area contributed by atoms with Crippen LogP contribution in [0, 0.1) is 0 Å². The highest BCUT2D eigenvalue weighted by molar-refractivity contribution is 6.31. The van der Waals surface area contributed by atoms with Crippen LogP contribution in [0.1, 0.15) is 24.7 Å². The van der Waals surface area contributed by atoms with Crippen LogP contribution in [0.15, 0.2) is 35.6 Å². The van der Waals surface area contributed by atoms with Crippen molar-refractivity contribution in [3.05, 3.63) is 52.1 Å². The van der Waals surface area contributed by atoms with Crippen LogP contribution >= 0.6 is 11.6 Å². The zero-order valence-corrected chi connectivity index (χ0v) is 13.8. The van der Waals surface area contributed by atoms with Gasteiger partial charge in [0.15, 0.2) is 0 Å². The molecule has 0 saturated carbocycles. The number of aromatic nitrogens is 5. The number of benzene rings is 1. The van der Waals surface area contributed by atoms with Crippen molar-refractivity contribution in [3.8, 4) is 0 Å². The number of nitrogens with one attached hydrogen (secondary N) is 1. The summed E-state index contributed by atoms with van der Waals surface area (Å²) in [5.41, 5.74) is 0.533. The van der Waals surface area contributed by atoms with Gasteiger partial charge in [-0.3, -0.25) is 9.69 Å². The van der Waals surface area contributed by atoms with Gasteiger partial charge in [-0.2, -0.15) is 5.10 Å². The van der Waals surface area contributed by atoms with Crippen LogP contribution in [0.3, 0.4) is 0 Å². The van der Waals surface area contributed by atoms with Crippen LogP contribution in [-0.2, 0) is 6.54 Å². The Morgan fingerprint density at radius 2 is 2.12 bits per heavy atom. The highest BCUT2D eigenvalue weighted by Gasteiger charge is 2.21. The third-order valence-electron chi connectivity index (χ3n) is 4.46. The number of nitrogens with zero attached hydrogens (tertiary/aromatic N) is 5. The summed E-state index contributed by atoms with van der Waals surface area (Å²) < 4.78 is 1.93. The second kappa shape index (κ2) is 6.33. The van der Waals surface area contributed by atoms with E-state index in [9.17, 15) is 4.79 Å². The first-order chi connectivity index (χ1) is 11.7. The molecule has 0 radical (unpaired) electrons. The monoisotopic (exact) mass is 344 g/mol. The first-order valence-electron chi connectivity index (χ1n) is 7.94. The molecule has 1 N–H and O–H groups in total. The Bertz CT molecular complexity index is 899. The molecular weight excluding hydrogens is 328 g/mol. The molecule has 3 heterocycles. The summed E-state index contributed by atoms with van der Waals surface area (Å²) in [4.78, 5) is 25.9. The van der Waals surface area contributed by atoms with Gasteiger partial charge in [-0.1, -0.05) is 11.6 Å². The van der Waals surface area contributed by atoms with E-state index in [4.69, 9.17) is 11.6 Å². The fraction of sp³-hybridized carbons (Fsp3) is 0.375. The number of halogens is 1. The molecule has 0 spiro atoms. The van der Waals surface area contributed by atoms with Crippen molar-refractivity contribution in [1.29, 1.82) is 0 Å². The van der Waals surface area contributed by atoms with Crippen LogP contribution in [0.4, 0.5) is 0 Å². The van der Waals surface area contributed by atoms with Gasteiger partial charge in [0, 0.05) is 18.1 Å². The minimum absolute atomic E-state index is 0.144. The number of piperidine rings is 1. The second-order valence-electron chi connectivity index (χ2n) is 6.06. The normalized spacial score (nSPS) is 16.7. The molecule has 0 atom stereocenters. The predicted molar refractivity (Wildman–Crippen MR) is 90.9 cm³/mol. The molecule has 1 saturated heterocycles. The lowest BCUT2D eigenvalue weighted by molar-refractivity contribution is 0.170. The number of likely N-dealkylation sites (tertiary alicyclic amines) is 1. The predicted octanol–water partition coefficient (Wildman–Crippen LogP) is 2.01. The molecule has 7 nitrogen and oxygen atoms in total. The lowest BCUT2D eigenvalue weighted by Gasteiger charge is -2.31. The highest BCUT2D eigenvalue weighted by Crippen LogP contribution is 2.22. The molecule has 0 aliphatic carbocycles. The number of aromatic amines is 1. The molecule has 1 fully saturated rings. The Morgan fingerprint density at radius 1 is 1.29 bits per heavy atom. The van der Waals surface area contributed by atoms with E-state index < -0.39 is 0 Å². The number of hydrogen-bond acceptors (Lipinski definition) is 5. The van der Waals surface area contributed by atoms with Crippen LogP contribution in [-0.4, -0.2) is 42.7 Å². The van der Waals surface area contributed by atoms with Gasteiger partial charge < -0.3 is 4.98 Å². The van der Waals surface area contributed by atoms with E-state index in [2.05, 4.69) is 25.0 Å². The van der Waals surface area contributed by atoms with E-state index >= 15 is 0 Å². The molecule has 4 rings (SSSR count). The van der Waals surface area contributed by atoms with Gasteiger partial charge in [0.1, 0.15) is 18.5 Å². The van der Waals surface area contributed by atoms with Crippen molar-refractivity contribution in [2.24, 2.45) is 0 Å². The van der Waals surface area contributed by atoms with E-state index in [1.807, 2.05) is 4.68 Å². The fourth-order valence-electron chi connectivity index (χ4n) is 3.19. The molecule has 0 bridgehead atoms. The summed E-state index contributed by atoms with van der Waals surface area (Å²) >= 11 is 5.94. The van der Waals surface area contributed by atoms with Gasteiger partial charge in [0.05, 0.1) is 23.5 Å². The number of H-pyrrole nitrogens is 1. The highest BCUT2D eigenvalue weighted by atomic mass is 35.5. The summed E-state index contributed by atoms with van der Waals surface area (Å²) in [6.07, 6.45) is 5.36. The first-order valence-corrected chi connectivity index (χ1v) is 8.32. The number of rotatable bonds is 3. The van der Waals surface area contributed by atoms with E-state index in [1.54, 1.807) is 30.9 Å². The van der Waals surface area contributed by atoms with Crippen LogP contribution in [0.25, 0.3) is 10.9 Å². The summed E-state index contributed by atoms with van der Waals surface area (Å²) in [5, 5.41) is 5.28. The maximum absolute atomic E-state index is 12.2. The standard InChI is InChI=1S/C16H17ClN6O/c17-11-1-2-14-13(7-11)16(24)21-15(20-14)8-22-5-3-12(4-6-22)23-10-18-9-19-23/h1-2,7,9-10,12H,3-6,8H2,(H,20,21,24). The molecule has 124 valence electrons. The Balaban J connectivity index is 1.47. The Morgan fingerprint density at radius 3 is 2.88 bits per heavy atom. The minimum Gasteiger partial charge on any atom is -0.309 e. The third kappa shape index (κ3) is 3.05. The Labute approximate surface area is 143 Å². The Hall–Kier alpha value is -2.25. The van der Waals surface area contributed by atoms with Crippen molar-refractivity contribution in [2.75, 3.05) is 13.1 Å². The molecule has 24 heavy (non-hydrogen) atoms. The van der Waals surface area contributed by atoms with Gasteiger partial charge >= 0.3 is 0 Å². The zero-order valence-electron chi connectivity index (χ0n) is 13.0. The molecule has 1 aliphatic heterocycles. The van der Waals surface area contributed by atoms with Crippen molar-refractivity contribution < 1.29 is 0 Å². The smallest absolute Gasteiger partial charge is 0.258 e. The summed E-state index contributed by atoms with van der Waals surface area (Å²) in [6.45, 7) is 2.51. The van der Waals surface area contributed by atoms with Gasteiger partial charge in [0.25, 0.3) is 5.56 Å². The van der Waals surface area contributed by atoms with Crippen molar-refractivity contribution in [2.45, 2.75) is 25.4 Å². The van der Waals surface area contributed by atoms with E-state index in [-0.39, 0.29) is 5.56 Å². The topological polar surface area (TPSA) is 79.7 Å². The van der Waals surface area contributed by atoms with Crippen LogP contribution in [0.2, 0.25) is 5.02 Å². The van der Waals surface area contributed by atoms with Crippen molar-refractivity contribution in [3.63, 3.8) is 0 Å². The summed E-state index contributed by atoms with van der Waals surface area (Å²) in [6, 6.07) is 5.59. The number of hydrogen-bond donors (Lipinski definition) is 1. The summed E-state index contributed by atoms with van der Waals surface area (Å²) in [5.74, 6) is 0.689. The molecule has 3 aromatic rings. The maximum Gasteiger partial charge on any atom is 0.258 e. The van der Waals surface area contributed by atoms with Crippen LogP contribution in [0.5, 0.6) is 0 Å². The van der Waals surface area contributed by atoms with Crippen LogP contribution < -0.4 is 5.56 Å². The molecular formula is C16H17ClN6O. The quantitative estimate of drug-likeness (QED) is 0.786. The summed E-state index contributed by atoms with van der Waals surface area (Å²) in [7, 11) is 0. The average molecular weight is 345 g/mol. The van der Waals surface area contributed by atoms with Gasteiger partial charge in [-0.05, 0) is 31.0 Å². The van der Waals surface area contributed by atoms with Gasteiger partial charge in [-0.25, -0.2) is 14.6 Å². The van der Waals surface area contributed by atoms with E-state index in [0.717, 1.165) is 25.9 Å². The average Bonchev–Trinajstić information content (AvgIpc) is 3.11. The molecule has 0 unspecified atom stereocenters. The fourth-order valence-corrected chi connectivity index (χ4v) is 3.37. The third-order valence-corrected chi connectivity index (χ3v) is 4.69. The molecule has 0 amide bonds. The van der Waals surface area contributed by atoms with Gasteiger partial charge in [0.2, 0.25) is 0 Å². The second-order valence-corrected chi connectivity index (χ2v) is 6.49. The lowest BCUT2D eigenvalue weighted by atomic mass is 10.1. The molecule has 1 aromatic carbocycles. The van der Waals surface area contributed by atoms with E-state index in [0.29, 0.717) is 34.3 Å². The first kappa shape index (κ1) is 15.3. The van der Waals surface area contributed by atoms with Crippen molar-refractivity contribution in [1.82, 2.24) is 29.6 Å².